The second-order valence-corrected chi connectivity index (χ2v) is 9.18. The molecule has 0 saturated carbocycles. The summed E-state index contributed by atoms with van der Waals surface area (Å²) in [7, 11) is 0. The number of alkyl carbamates (subject to hydrolysis) is 1. The zero-order chi connectivity index (χ0) is 29.7. The van der Waals surface area contributed by atoms with Gasteiger partial charge in [0.25, 0.3) is 5.78 Å². The first-order valence-electron chi connectivity index (χ1n) is 12.7. The number of nitrogens with one attached hydrogen (secondary N) is 3. The van der Waals surface area contributed by atoms with Crippen molar-refractivity contribution in [1.29, 1.82) is 0 Å². The van der Waals surface area contributed by atoms with Crippen molar-refractivity contribution in [3.05, 3.63) is 71.8 Å². The van der Waals surface area contributed by atoms with E-state index in [2.05, 4.69) is 10.6 Å². The summed E-state index contributed by atoms with van der Waals surface area (Å²) in [6, 6.07) is 12.8. The van der Waals surface area contributed by atoms with E-state index in [4.69, 9.17) is 9.84 Å². The second kappa shape index (κ2) is 15.9. The Morgan fingerprint density at radius 2 is 1.38 bits per heavy atom. The van der Waals surface area contributed by atoms with Gasteiger partial charge in [0.05, 0.1) is 0 Å². The molecule has 2 rings (SSSR count). The summed E-state index contributed by atoms with van der Waals surface area (Å²) in [5, 5.41) is 16.1. The van der Waals surface area contributed by atoms with E-state index in [9.17, 15) is 32.8 Å². The Morgan fingerprint density at radius 1 is 0.825 bits per heavy atom. The zero-order valence-corrected chi connectivity index (χ0v) is 22.1. The minimum atomic E-state index is -3.07. The van der Waals surface area contributed by atoms with Crippen molar-refractivity contribution in [2.24, 2.45) is 5.92 Å². The van der Waals surface area contributed by atoms with Gasteiger partial charge >= 0.3 is 12.1 Å². The van der Waals surface area contributed by atoms with Gasteiger partial charge in [-0.3, -0.25) is 14.4 Å². The summed E-state index contributed by atoms with van der Waals surface area (Å²) in [6.07, 6.45) is -4.79. The van der Waals surface area contributed by atoms with Crippen LogP contribution in [0.25, 0.3) is 0 Å². The average Bonchev–Trinajstić information content (AvgIpc) is 2.93. The van der Waals surface area contributed by atoms with Crippen molar-refractivity contribution >= 4 is 29.7 Å². The number of Topliss-reactive ketones (excluding diaryl/α,β-unsaturated/α-hetero) is 1. The molecule has 4 atom stereocenters. The SMILES string of the molecule is CCC(C)[C@H](NC(=O)OCc1ccccc1)C(=O)N[C@@H](Cc1ccccc1)C(=O)N[C@@H](CC(F)F)C(=O)C(=O)O. The number of alkyl halides is 2. The molecular weight excluding hydrogens is 528 g/mol. The first kappa shape index (κ1) is 31.9. The normalized spacial score (nSPS) is 13.8. The first-order valence-corrected chi connectivity index (χ1v) is 12.7. The molecule has 0 heterocycles. The van der Waals surface area contributed by atoms with Gasteiger partial charge in [-0.2, -0.15) is 0 Å². The molecule has 0 radical (unpaired) electrons. The fourth-order valence-corrected chi connectivity index (χ4v) is 3.75. The van der Waals surface area contributed by atoms with Crippen molar-refractivity contribution in [1.82, 2.24) is 16.0 Å². The molecule has 0 saturated heterocycles. The van der Waals surface area contributed by atoms with E-state index in [1.165, 1.54) is 0 Å². The Bertz CT molecular complexity index is 1150. The molecule has 216 valence electrons. The van der Waals surface area contributed by atoms with E-state index in [1.807, 2.05) is 11.4 Å². The van der Waals surface area contributed by atoms with Crippen LogP contribution in [0.2, 0.25) is 0 Å². The minimum Gasteiger partial charge on any atom is -0.475 e. The number of ether oxygens (including phenoxy) is 1. The molecule has 0 aliphatic carbocycles. The summed E-state index contributed by atoms with van der Waals surface area (Å²) < 4.78 is 31.3. The van der Waals surface area contributed by atoms with Crippen LogP contribution in [0.1, 0.15) is 37.8 Å². The van der Waals surface area contributed by atoms with Crippen LogP contribution in [0.4, 0.5) is 13.6 Å². The van der Waals surface area contributed by atoms with Crippen LogP contribution < -0.4 is 16.0 Å². The number of carbonyl (C=O) groups excluding carboxylic acids is 4. The van der Waals surface area contributed by atoms with Crippen molar-refractivity contribution in [3.63, 3.8) is 0 Å². The maximum atomic E-state index is 13.3. The highest BCUT2D eigenvalue weighted by Crippen LogP contribution is 2.12. The fourth-order valence-electron chi connectivity index (χ4n) is 3.75. The summed E-state index contributed by atoms with van der Waals surface area (Å²) >= 11 is 0. The lowest BCUT2D eigenvalue weighted by Gasteiger charge is -2.27. The Morgan fingerprint density at radius 3 is 1.90 bits per heavy atom. The van der Waals surface area contributed by atoms with Gasteiger partial charge in [0, 0.05) is 12.8 Å². The molecule has 3 amide bonds. The van der Waals surface area contributed by atoms with Crippen LogP contribution in [0.3, 0.4) is 0 Å². The summed E-state index contributed by atoms with van der Waals surface area (Å²) in [5.41, 5.74) is 1.32. The third kappa shape index (κ3) is 10.4. The van der Waals surface area contributed by atoms with Crippen LogP contribution in [0.15, 0.2) is 60.7 Å². The van der Waals surface area contributed by atoms with Crippen molar-refractivity contribution < 1.29 is 42.6 Å². The molecule has 0 spiro atoms. The number of ketones is 1. The van der Waals surface area contributed by atoms with E-state index >= 15 is 0 Å². The number of rotatable bonds is 15. The van der Waals surface area contributed by atoms with Gasteiger partial charge in [-0.05, 0) is 17.0 Å². The quantitative estimate of drug-likeness (QED) is 0.244. The molecule has 10 nitrogen and oxygen atoms in total. The topological polar surface area (TPSA) is 151 Å². The van der Waals surface area contributed by atoms with E-state index < -0.39 is 66.5 Å². The van der Waals surface area contributed by atoms with Gasteiger partial charge in [0.15, 0.2) is 0 Å². The van der Waals surface area contributed by atoms with Gasteiger partial charge in [0.1, 0.15) is 24.7 Å². The fraction of sp³-hybridized carbons (Fsp3) is 0.393. The van der Waals surface area contributed by atoms with Gasteiger partial charge in [-0.1, -0.05) is 80.9 Å². The maximum Gasteiger partial charge on any atom is 0.408 e. The number of hydrogen-bond acceptors (Lipinski definition) is 6. The Labute approximate surface area is 230 Å². The number of aliphatic carboxylic acids is 1. The molecule has 4 N–H and O–H groups in total. The lowest BCUT2D eigenvalue weighted by molar-refractivity contribution is -0.151. The lowest BCUT2D eigenvalue weighted by Crippen LogP contribution is -2.58. The number of carboxylic acids is 1. The van der Waals surface area contributed by atoms with Crippen molar-refractivity contribution in [2.75, 3.05) is 0 Å². The highest BCUT2D eigenvalue weighted by molar-refractivity contribution is 6.35. The third-order valence-corrected chi connectivity index (χ3v) is 6.15. The summed E-state index contributed by atoms with van der Waals surface area (Å²) in [4.78, 5) is 62.0. The van der Waals surface area contributed by atoms with E-state index in [-0.39, 0.29) is 13.0 Å². The Balaban J connectivity index is 2.22. The van der Waals surface area contributed by atoms with Crippen molar-refractivity contribution in [2.45, 2.75) is 64.3 Å². The van der Waals surface area contributed by atoms with Crippen LogP contribution in [0.5, 0.6) is 0 Å². The molecule has 40 heavy (non-hydrogen) atoms. The number of carboxylic acid groups (broad SMARTS) is 1. The van der Waals surface area contributed by atoms with Gasteiger partial charge < -0.3 is 25.8 Å². The molecule has 12 heteroatoms. The van der Waals surface area contributed by atoms with Crippen LogP contribution in [-0.4, -0.2) is 59.3 Å². The van der Waals surface area contributed by atoms with Crippen LogP contribution in [0, 0.1) is 5.92 Å². The highest BCUT2D eigenvalue weighted by atomic mass is 19.3. The smallest absolute Gasteiger partial charge is 0.408 e. The number of halogens is 2. The largest absolute Gasteiger partial charge is 0.475 e. The highest BCUT2D eigenvalue weighted by Gasteiger charge is 2.34. The summed E-state index contributed by atoms with van der Waals surface area (Å²) in [6.45, 7) is 3.46. The van der Waals surface area contributed by atoms with Crippen LogP contribution in [-0.2, 0) is 36.9 Å². The summed E-state index contributed by atoms with van der Waals surface area (Å²) in [5.74, 6) is -5.78. The molecule has 0 aliphatic heterocycles. The number of benzene rings is 2. The molecule has 0 bridgehead atoms. The average molecular weight is 562 g/mol. The Hall–Kier alpha value is -4.35. The predicted octanol–water partition coefficient (Wildman–Crippen LogP) is 2.85. The minimum absolute atomic E-state index is 0.0380. The number of carbonyl (C=O) groups is 5. The molecule has 1 unspecified atom stereocenters. The first-order chi connectivity index (χ1) is 19.0. The van der Waals surface area contributed by atoms with Gasteiger partial charge in [0.2, 0.25) is 18.2 Å². The third-order valence-electron chi connectivity index (χ3n) is 6.15. The standard InChI is InChI=1S/C28H33F2N3O7/c1-3-17(2)23(33-28(39)40-16-19-12-8-5-9-13-19)26(36)32-21(14-18-10-6-4-7-11-18)25(35)31-20(15-22(29)30)24(34)27(37)38/h4-13,17,20-23H,3,14-16H2,1-2H3,(H,31,35)(H,32,36)(H,33,39)(H,37,38)/t17?,20-,21-,23-/m0/s1. The zero-order valence-electron chi connectivity index (χ0n) is 22.1. The van der Waals surface area contributed by atoms with E-state index in [1.54, 1.807) is 68.4 Å². The molecular formula is C28H33F2N3O7. The molecule has 0 aliphatic rings. The predicted molar refractivity (Wildman–Crippen MR) is 140 cm³/mol. The molecule has 0 aromatic heterocycles. The van der Waals surface area contributed by atoms with Crippen molar-refractivity contribution in [3.8, 4) is 0 Å². The number of amides is 3. The second-order valence-electron chi connectivity index (χ2n) is 9.18. The number of hydrogen-bond donors (Lipinski definition) is 4. The maximum absolute atomic E-state index is 13.3. The van der Waals surface area contributed by atoms with Gasteiger partial charge in [-0.25, -0.2) is 18.4 Å². The lowest BCUT2D eigenvalue weighted by atomic mass is 9.97. The molecule has 0 fully saturated rings. The van der Waals surface area contributed by atoms with Gasteiger partial charge in [-0.15, -0.1) is 0 Å². The Kier molecular flexibility index (Phi) is 12.7. The van der Waals surface area contributed by atoms with E-state index in [0.29, 0.717) is 12.0 Å². The van der Waals surface area contributed by atoms with Crippen LogP contribution >= 0.6 is 0 Å². The molecule has 2 aromatic rings. The van der Waals surface area contributed by atoms with E-state index in [0.717, 1.165) is 5.56 Å². The molecule has 2 aromatic carbocycles. The monoisotopic (exact) mass is 561 g/mol.